The molecule has 1 amide bonds. The number of methoxy groups -OCH3 is 1. The van der Waals surface area contributed by atoms with Gasteiger partial charge in [0.1, 0.15) is 23.2 Å². The fourth-order valence-electron chi connectivity index (χ4n) is 2.16. The Morgan fingerprint density at radius 2 is 2.04 bits per heavy atom. The molecule has 0 spiro atoms. The van der Waals surface area contributed by atoms with Gasteiger partial charge < -0.3 is 14.5 Å². The summed E-state index contributed by atoms with van der Waals surface area (Å²) in [7, 11) is 1.29. The first-order valence-electron chi connectivity index (χ1n) is 7.76. The van der Waals surface area contributed by atoms with E-state index in [9.17, 15) is 9.59 Å². The Morgan fingerprint density at radius 1 is 1.31 bits per heavy atom. The molecule has 0 fully saturated rings. The number of carbonyl (C=O) groups excluding carboxylic acids is 2. The lowest BCUT2D eigenvalue weighted by Gasteiger charge is -2.06. The number of nitrogens with zero attached hydrogens (tertiary/aromatic N) is 1. The summed E-state index contributed by atoms with van der Waals surface area (Å²) in [5, 5.41) is 12.2. The fraction of sp³-hybridized carbons (Fsp3) is 0.211. The van der Waals surface area contributed by atoms with Crippen LogP contribution < -0.4 is 5.32 Å². The molecule has 2 aromatic rings. The quantitative estimate of drug-likeness (QED) is 0.489. The zero-order valence-corrected chi connectivity index (χ0v) is 15.3. The predicted octanol–water partition coefficient (Wildman–Crippen LogP) is 3.82. The van der Waals surface area contributed by atoms with Crippen LogP contribution in [0, 0.1) is 11.3 Å². The highest BCUT2D eigenvalue weighted by Gasteiger charge is 2.15. The number of halogens is 1. The second kappa shape index (κ2) is 8.37. The number of nitriles is 1. The van der Waals surface area contributed by atoms with Crippen LogP contribution in [0.15, 0.2) is 40.3 Å². The Bertz CT molecular complexity index is 907. The number of nitrogens with one attached hydrogen (secondary N) is 1. The highest BCUT2D eigenvalue weighted by Crippen LogP contribution is 2.31. The molecule has 0 aliphatic rings. The Hall–Kier alpha value is -3.04. The maximum absolute atomic E-state index is 12.0. The molecule has 1 aromatic carbocycles. The zero-order chi connectivity index (χ0) is 19.3. The van der Waals surface area contributed by atoms with Crippen LogP contribution in [0.5, 0.6) is 0 Å². The van der Waals surface area contributed by atoms with E-state index in [1.165, 1.54) is 13.2 Å². The van der Waals surface area contributed by atoms with Gasteiger partial charge in [-0.25, -0.2) is 4.79 Å². The van der Waals surface area contributed by atoms with E-state index in [1.807, 2.05) is 6.07 Å². The topological polar surface area (TPSA) is 92.3 Å². The van der Waals surface area contributed by atoms with E-state index in [2.05, 4.69) is 5.32 Å². The average molecular weight is 373 g/mol. The summed E-state index contributed by atoms with van der Waals surface area (Å²) in [4.78, 5) is 23.6. The lowest BCUT2D eigenvalue weighted by Crippen LogP contribution is -2.30. The smallest absolute Gasteiger partial charge is 0.337 e. The van der Waals surface area contributed by atoms with Crippen LogP contribution >= 0.6 is 11.6 Å². The minimum absolute atomic E-state index is 0.0750. The Kier molecular flexibility index (Phi) is 6.21. The van der Waals surface area contributed by atoms with Crippen LogP contribution in [-0.2, 0) is 9.53 Å². The lowest BCUT2D eigenvalue weighted by atomic mass is 10.1. The van der Waals surface area contributed by atoms with Crippen LogP contribution in [0.1, 0.15) is 30.0 Å². The molecule has 0 aliphatic heterocycles. The first-order chi connectivity index (χ1) is 12.3. The number of hydrogen-bond donors (Lipinski definition) is 1. The molecule has 1 N–H and O–H groups in total. The third kappa shape index (κ3) is 4.52. The van der Waals surface area contributed by atoms with Crippen molar-refractivity contribution in [2.45, 2.75) is 19.9 Å². The van der Waals surface area contributed by atoms with Gasteiger partial charge in [-0.15, -0.1) is 0 Å². The standard InChI is InChI=1S/C19H17ClN2O4/c1-11(2)22-18(23)13(10-21)8-14-5-7-17(26-14)15-9-12(19(24)25-3)4-6-16(15)20/h4-9,11H,1-3H3,(H,22,23)/b13-8-. The molecule has 7 heteroatoms. The van der Waals surface area contributed by atoms with E-state index in [0.29, 0.717) is 27.7 Å². The van der Waals surface area contributed by atoms with Crippen LogP contribution in [0.4, 0.5) is 0 Å². The van der Waals surface area contributed by atoms with Crippen molar-refractivity contribution in [2.24, 2.45) is 0 Å². The maximum Gasteiger partial charge on any atom is 0.337 e. The van der Waals surface area contributed by atoms with Gasteiger partial charge in [-0.3, -0.25) is 4.79 Å². The van der Waals surface area contributed by atoms with Crippen molar-refractivity contribution in [3.05, 3.63) is 52.3 Å². The van der Waals surface area contributed by atoms with Gasteiger partial charge in [-0.05, 0) is 44.2 Å². The molecular formula is C19H17ClN2O4. The van der Waals surface area contributed by atoms with Gasteiger partial charge in [-0.1, -0.05) is 11.6 Å². The molecule has 0 bridgehead atoms. The van der Waals surface area contributed by atoms with Gasteiger partial charge in [-0.2, -0.15) is 5.26 Å². The predicted molar refractivity (Wildman–Crippen MR) is 97.4 cm³/mol. The van der Waals surface area contributed by atoms with Gasteiger partial charge in [0.15, 0.2) is 0 Å². The van der Waals surface area contributed by atoms with Gasteiger partial charge >= 0.3 is 5.97 Å². The van der Waals surface area contributed by atoms with Crippen molar-refractivity contribution in [3.63, 3.8) is 0 Å². The molecule has 0 radical (unpaired) electrons. The molecule has 1 heterocycles. The van der Waals surface area contributed by atoms with Crippen molar-refractivity contribution in [1.82, 2.24) is 5.32 Å². The molecule has 0 saturated heterocycles. The molecule has 0 atom stereocenters. The third-order valence-corrected chi connectivity index (χ3v) is 3.68. The summed E-state index contributed by atoms with van der Waals surface area (Å²) in [6, 6.07) is 9.68. The number of carbonyl (C=O) groups is 2. The molecule has 0 saturated carbocycles. The first kappa shape index (κ1) is 19.3. The van der Waals surface area contributed by atoms with E-state index in [0.717, 1.165) is 0 Å². The third-order valence-electron chi connectivity index (χ3n) is 3.35. The zero-order valence-electron chi connectivity index (χ0n) is 14.5. The second-order valence-corrected chi connectivity index (χ2v) is 6.09. The summed E-state index contributed by atoms with van der Waals surface area (Å²) in [5.41, 5.74) is 0.753. The van der Waals surface area contributed by atoms with Crippen molar-refractivity contribution in [2.75, 3.05) is 7.11 Å². The monoisotopic (exact) mass is 372 g/mol. The number of amides is 1. The minimum Gasteiger partial charge on any atom is -0.465 e. The fourth-order valence-corrected chi connectivity index (χ4v) is 2.38. The van der Waals surface area contributed by atoms with E-state index in [1.54, 1.807) is 44.2 Å². The summed E-state index contributed by atoms with van der Waals surface area (Å²) in [6.45, 7) is 3.60. The highest BCUT2D eigenvalue weighted by molar-refractivity contribution is 6.33. The van der Waals surface area contributed by atoms with Crippen molar-refractivity contribution in [3.8, 4) is 17.4 Å². The molecule has 0 aliphatic carbocycles. The van der Waals surface area contributed by atoms with Gasteiger partial charge in [0.25, 0.3) is 5.91 Å². The number of esters is 1. The van der Waals surface area contributed by atoms with Gasteiger partial charge in [0, 0.05) is 17.7 Å². The van der Waals surface area contributed by atoms with E-state index in [4.69, 9.17) is 26.0 Å². The minimum atomic E-state index is -0.494. The van der Waals surface area contributed by atoms with Crippen LogP contribution in [0.3, 0.4) is 0 Å². The van der Waals surface area contributed by atoms with Crippen molar-refractivity contribution < 1.29 is 18.7 Å². The Balaban J connectivity index is 2.35. The highest BCUT2D eigenvalue weighted by atomic mass is 35.5. The molecular weight excluding hydrogens is 356 g/mol. The van der Waals surface area contributed by atoms with Crippen LogP contribution in [0.2, 0.25) is 5.02 Å². The average Bonchev–Trinajstić information content (AvgIpc) is 3.07. The summed E-state index contributed by atoms with van der Waals surface area (Å²) in [5.74, 6) is -0.263. The normalized spacial score (nSPS) is 11.2. The number of hydrogen-bond acceptors (Lipinski definition) is 5. The van der Waals surface area contributed by atoms with Crippen LogP contribution in [-0.4, -0.2) is 25.0 Å². The van der Waals surface area contributed by atoms with E-state index >= 15 is 0 Å². The number of furan rings is 1. The summed E-state index contributed by atoms with van der Waals surface area (Å²) >= 11 is 6.18. The molecule has 1 aromatic heterocycles. The largest absolute Gasteiger partial charge is 0.465 e. The maximum atomic E-state index is 12.0. The van der Waals surface area contributed by atoms with Crippen molar-refractivity contribution in [1.29, 1.82) is 5.26 Å². The van der Waals surface area contributed by atoms with E-state index in [-0.39, 0.29) is 11.6 Å². The Labute approximate surface area is 156 Å². The van der Waals surface area contributed by atoms with Gasteiger partial charge in [0.2, 0.25) is 0 Å². The molecule has 0 unspecified atom stereocenters. The first-order valence-corrected chi connectivity index (χ1v) is 8.14. The molecule has 2 rings (SSSR count). The van der Waals surface area contributed by atoms with Crippen LogP contribution in [0.25, 0.3) is 17.4 Å². The van der Waals surface area contributed by atoms with Gasteiger partial charge in [0.05, 0.1) is 17.7 Å². The summed E-state index contributed by atoms with van der Waals surface area (Å²) < 4.78 is 10.4. The lowest BCUT2D eigenvalue weighted by molar-refractivity contribution is -0.117. The van der Waals surface area contributed by atoms with E-state index < -0.39 is 11.9 Å². The molecule has 6 nitrogen and oxygen atoms in total. The molecule has 134 valence electrons. The molecule has 26 heavy (non-hydrogen) atoms. The number of ether oxygens (including phenoxy) is 1. The SMILES string of the molecule is COC(=O)c1ccc(Cl)c(-c2ccc(/C=C(/C#N)C(=O)NC(C)C)o2)c1. The number of benzene rings is 1. The number of rotatable bonds is 5. The second-order valence-electron chi connectivity index (χ2n) is 5.69. The summed E-state index contributed by atoms with van der Waals surface area (Å²) in [6.07, 6.45) is 1.35. The van der Waals surface area contributed by atoms with Crippen molar-refractivity contribution >= 4 is 29.6 Å². The Morgan fingerprint density at radius 3 is 2.65 bits per heavy atom.